The quantitative estimate of drug-likeness (QED) is 0.731. The van der Waals surface area contributed by atoms with Gasteiger partial charge in [0.15, 0.2) is 17.3 Å². The van der Waals surface area contributed by atoms with Gasteiger partial charge in [-0.25, -0.2) is 0 Å². The molecule has 4 nitrogen and oxygen atoms in total. The van der Waals surface area contributed by atoms with Crippen LogP contribution in [0.5, 0.6) is 11.5 Å². The molecule has 0 saturated heterocycles. The average molecular weight is 344 g/mol. The first kappa shape index (κ1) is 20.7. The molecule has 0 aliphatic carbocycles. The Kier molecular flexibility index (Phi) is 9.33. The highest BCUT2D eigenvalue weighted by atomic mass is 16.5. The Hall–Kier alpha value is -2.33. The van der Waals surface area contributed by atoms with Gasteiger partial charge in [-0.3, -0.25) is 4.79 Å². The molecule has 25 heavy (non-hydrogen) atoms. The zero-order valence-electron chi connectivity index (χ0n) is 15.2. The van der Waals surface area contributed by atoms with E-state index in [1.165, 1.54) is 0 Å². The van der Waals surface area contributed by atoms with E-state index in [4.69, 9.17) is 4.74 Å². The van der Waals surface area contributed by atoms with Crippen LogP contribution in [-0.2, 0) is 6.42 Å². The molecule has 0 saturated carbocycles. The number of ether oxygens (including phenoxy) is 1. The summed E-state index contributed by atoms with van der Waals surface area (Å²) in [5.41, 5.74) is 1.55. The number of benzene rings is 2. The summed E-state index contributed by atoms with van der Waals surface area (Å²) >= 11 is 0. The minimum Gasteiger partial charge on any atom is -0.504 e. The molecule has 0 heterocycles. The minimum absolute atomic E-state index is 0.196. The summed E-state index contributed by atoms with van der Waals surface area (Å²) in [4.78, 5) is 11.3. The van der Waals surface area contributed by atoms with Crippen LogP contribution < -0.4 is 4.74 Å². The fourth-order valence-corrected chi connectivity index (χ4v) is 2.28. The number of aliphatic hydroxyl groups excluding tert-OH is 1. The van der Waals surface area contributed by atoms with E-state index in [2.05, 4.69) is 6.92 Å². The number of unbranched alkanes of at least 4 members (excludes halogenated alkanes) is 1. The zero-order chi connectivity index (χ0) is 18.7. The lowest BCUT2D eigenvalue weighted by molar-refractivity contribution is 0.0740. The Labute approximate surface area is 150 Å². The van der Waals surface area contributed by atoms with Gasteiger partial charge in [0, 0.05) is 5.56 Å². The van der Waals surface area contributed by atoms with Crippen LogP contribution >= 0.6 is 0 Å². The molecule has 2 aromatic rings. The molecule has 0 aliphatic heterocycles. The predicted octanol–water partition coefficient (Wildman–Crippen LogP) is 4.38. The van der Waals surface area contributed by atoms with Gasteiger partial charge in [-0.2, -0.15) is 0 Å². The number of phenolic OH excluding ortho intramolecular Hbond substituents is 1. The van der Waals surface area contributed by atoms with Gasteiger partial charge in [0.2, 0.25) is 0 Å². The van der Waals surface area contributed by atoms with E-state index < -0.39 is 6.10 Å². The van der Waals surface area contributed by atoms with E-state index in [1.807, 2.05) is 18.2 Å². The predicted molar refractivity (Wildman–Crippen MR) is 100 cm³/mol. The number of hydrogen-bond acceptors (Lipinski definition) is 4. The fourth-order valence-electron chi connectivity index (χ4n) is 2.28. The van der Waals surface area contributed by atoms with Crippen LogP contribution in [0.25, 0.3) is 0 Å². The first-order chi connectivity index (χ1) is 12.0. The molecule has 1 atom stereocenters. The Balaban J connectivity index is 0.000000251. The number of para-hydroxylation sites is 1. The van der Waals surface area contributed by atoms with E-state index >= 15 is 0 Å². The van der Waals surface area contributed by atoms with Crippen molar-refractivity contribution in [2.24, 2.45) is 0 Å². The van der Waals surface area contributed by atoms with Crippen LogP contribution in [0.15, 0.2) is 48.5 Å². The molecular formula is C21H28O4. The number of aliphatic hydroxyl groups is 1. The first-order valence-corrected chi connectivity index (χ1v) is 8.67. The maximum atomic E-state index is 11.3. The van der Waals surface area contributed by atoms with E-state index in [-0.39, 0.29) is 5.78 Å². The van der Waals surface area contributed by atoms with E-state index in [9.17, 15) is 15.0 Å². The number of aromatic hydroxyl groups is 1. The number of methoxy groups -OCH3 is 1. The topological polar surface area (TPSA) is 66.8 Å². The van der Waals surface area contributed by atoms with E-state index in [0.29, 0.717) is 23.5 Å². The summed E-state index contributed by atoms with van der Waals surface area (Å²) in [6, 6.07) is 14.4. The molecule has 0 fully saturated rings. The molecule has 0 aromatic heterocycles. The minimum atomic E-state index is -0.854. The van der Waals surface area contributed by atoms with Crippen LogP contribution in [0.4, 0.5) is 0 Å². The van der Waals surface area contributed by atoms with Crippen LogP contribution in [0, 0.1) is 0 Å². The summed E-state index contributed by atoms with van der Waals surface area (Å²) in [6.45, 7) is 3.92. The van der Waals surface area contributed by atoms with Crippen molar-refractivity contribution in [3.8, 4) is 11.5 Å². The number of ketones is 1. The van der Waals surface area contributed by atoms with Crippen molar-refractivity contribution in [2.75, 3.05) is 7.11 Å². The van der Waals surface area contributed by atoms with Crippen molar-refractivity contribution >= 4 is 5.78 Å². The molecule has 136 valence electrons. The summed E-state index contributed by atoms with van der Waals surface area (Å²) < 4.78 is 5.02. The molecule has 0 amide bonds. The largest absolute Gasteiger partial charge is 0.504 e. The second-order valence-corrected chi connectivity index (χ2v) is 5.73. The number of rotatable bonds is 7. The fraction of sp³-hybridized carbons (Fsp3) is 0.381. The molecule has 1 unspecified atom stereocenters. The third-order valence-electron chi connectivity index (χ3n) is 3.85. The molecule has 0 bridgehead atoms. The van der Waals surface area contributed by atoms with Gasteiger partial charge >= 0.3 is 0 Å². The van der Waals surface area contributed by atoms with Gasteiger partial charge in [-0.05, 0) is 30.9 Å². The van der Waals surface area contributed by atoms with Gasteiger partial charge in [0.1, 0.15) is 6.10 Å². The van der Waals surface area contributed by atoms with Crippen LogP contribution in [0.2, 0.25) is 0 Å². The molecule has 2 aromatic carbocycles. The number of Topliss-reactive ketones (excluding diaryl/α,β-unsaturated/α-hetero) is 1. The van der Waals surface area contributed by atoms with Gasteiger partial charge in [-0.1, -0.05) is 62.7 Å². The third kappa shape index (κ3) is 6.59. The van der Waals surface area contributed by atoms with Gasteiger partial charge in [0.05, 0.1) is 7.11 Å². The lowest BCUT2D eigenvalue weighted by atomic mass is 10.1. The zero-order valence-corrected chi connectivity index (χ0v) is 15.2. The number of hydrogen-bond donors (Lipinski definition) is 2. The number of phenols is 1. The second kappa shape index (κ2) is 11.3. The van der Waals surface area contributed by atoms with E-state index in [1.54, 1.807) is 44.4 Å². The second-order valence-electron chi connectivity index (χ2n) is 5.73. The number of carbonyl (C=O) groups excluding carboxylic acids is 1. The molecule has 2 N–H and O–H groups in total. The van der Waals surface area contributed by atoms with Crippen molar-refractivity contribution in [1.82, 2.24) is 0 Å². The normalized spacial score (nSPS) is 11.2. The molecule has 0 aliphatic rings. The van der Waals surface area contributed by atoms with Crippen molar-refractivity contribution in [2.45, 2.75) is 45.6 Å². The molecule has 2 rings (SSSR count). The molecular weight excluding hydrogens is 316 g/mol. The van der Waals surface area contributed by atoms with E-state index in [0.717, 1.165) is 24.8 Å². The first-order valence-electron chi connectivity index (χ1n) is 8.67. The SMILES string of the molecule is CCC(O)C(=O)c1ccccc1.CCCCc1cccc(OC)c1O. The lowest BCUT2D eigenvalue weighted by Crippen LogP contribution is -2.18. The Bertz CT molecular complexity index is 638. The van der Waals surface area contributed by atoms with Crippen LogP contribution in [0.3, 0.4) is 0 Å². The summed E-state index contributed by atoms with van der Waals surface area (Å²) in [6.07, 6.45) is 2.76. The Morgan fingerprint density at radius 1 is 1.08 bits per heavy atom. The summed E-state index contributed by atoms with van der Waals surface area (Å²) in [7, 11) is 1.57. The highest BCUT2D eigenvalue weighted by molar-refractivity contribution is 5.99. The smallest absolute Gasteiger partial charge is 0.191 e. The average Bonchev–Trinajstić information content (AvgIpc) is 2.67. The van der Waals surface area contributed by atoms with Crippen molar-refractivity contribution < 1.29 is 19.7 Å². The van der Waals surface area contributed by atoms with Crippen LogP contribution in [0.1, 0.15) is 49.0 Å². The van der Waals surface area contributed by atoms with Gasteiger partial charge < -0.3 is 14.9 Å². The standard InChI is InChI=1S/C11H16O2.C10H12O2/c1-3-4-6-9-7-5-8-10(13-2)11(9)12;1-2-9(11)10(12)8-6-4-3-5-7-8/h5,7-8,12H,3-4,6H2,1-2H3;3-7,9,11H,2H2,1H3. The van der Waals surface area contributed by atoms with Crippen molar-refractivity contribution in [3.05, 3.63) is 59.7 Å². The molecule has 0 radical (unpaired) electrons. The van der Waals surface area contributed by atoms with Crippen molar-refractivity contribution in [1.29, 1.82) is 0 Å². The number of aryl methyl sites for hydroxylation is 1. The highest BCUT2D eigenvalue weighted by Crippen LogP contribution is 2.30. The lowest BCUT2D eigenvalue weighted by Gasteiger charge is -2.07. The number of carbonyl (C=O) groups is 1. The monoisotopic (exact) mass is 344 g/mol. The Morgan fingerprint density at radius 3 is 2.32 bits per heavy atom. The van der Waals surface area contributed by atoms with Crippen molar-refractivity contribution in [3.63, 3.8) is 0 Å². The Morgan fingerprint density at radius 2 is 1.76 bits per heavy atom. The maximum absolute atomic E-state index is 11.3. The van der Waals surface area contributed by atoms with Gasteiger partial charge in [0.25, 0.3) is 0 Å². The molecule has 0 spiro atoms. The third-order valence-corrected chi connectivity index (χ3v) is 3.85. The summed E-state index contributed by atoms with van der Waals surface area (Å²) in [5, 5.41) is 18.9. The summed E-state index contributed by atoms with van der Waals surface area (Å²) in [5.74, 6) is 0.658. The highest BCUT2D eigenvalue weighted by Gasteiger charge is 2.13. The van der Waals surface area contributed by atoms with Gasteiger partial charge in [-0.15, -0.1) is 0 Å². The van der Waals surface area contributed by atoms with Crippen LogP contribution in [-0.4, -0.2) is 29.2 Å². The maximum Gasteiger partial charge on any atom is 0.191 e. The molecule has 4 heteroatoms.